The van der Waals surface area contributed by atoms with E-state index in [1.165, 1.54) is 24.8 Å². The molecule has 0 unspecified atom stereocenters. The van der Waals surface area contributed by atoms with Crippen molar-refractivity contribution < 1.29 is 4.79 Å². The minimum atomic E-state index is 0.102. The van der Waals surface area contributed by atoms with Gasteiger partial charge in [0.2, 0.25) is 5.91 Å². The summed E-state index contributed by atoms with van der Waals surface area (Å²) in [5, 5.41) is 0.650. The summed E-state index contributed by atoms with van der Waals surface area (Å²) in [4.78, 5) is 19.5. The highest BCUT2D eigenvalue weighted by molar-refractivity contribution is 6.30. The van der Waals surface area contributed by atoms with Crippen molar-refractivity contribution in [3.8, 4) is 0 Å². The lowest BCUT2D eigenvalue weighted by atomic mass is 10.1. The minimum Gasteiger partial charge on any atom is -0.328 e. The number of nitrogens with zero attached hydrogens (tertiary/aromatic N) is 3. The van der Waals surface area contributed by atoms with Crippen LogP contribution in [-0.4, -0.2) is 22.0 Å². The highest BCUT2D eigenvalue weighted by Gasteiger charge is 2.34. The highest BCUT2D eigenvalue weighted by Crippen LogP contribution is 2.34. The smallest absolute Gasteiger partial charge is 0.227 e. The van der Waals surface area contributed by atoms with E-state index in [9.17, 15) is 4.79 Å². The second-order valence-electron chi connectivity index (χ2n) is 7.56. The van der Waals surface area contributed by atoms with Gasteiger partial charge >= 0.3 is 0 Å². The molecule has 3 aromatic rings. The molecule has 0 radical (unpaired) electrons. The lowest BCUT2D eigenvalue weighted by molar-refractivity contribution is -0.117. The van der Waals surface area contributed by atoms with Crippen LogP contribution in [0.5, 0.6) is 0 Å². The minimum absolute atomic E-state index is 0.102. The first-order valence-corrected chi connectivity index (χ1v) is 10.6. The molecule has 28 heavy (non-hydrogen) atoms. The van der Waals surface area contributed by atoms with E-state index in [1.54, 1.807) is 0 Å². The maximum atomic E-state index is 12.7. The molecule has 146 valence electrons. The Morgan fingerprint density at radius 2 is 1.96 bits per heavy atom. The zero-order valence-corrected chi connectivity index (χ0v) is 17.0. The third-order valence-corrected chi connectivity index (χ3v) is 5.76. The number of hydrogen-bond acceptors (Lipinski definition) is 2. The van der Waals surface area contributed by atoms with Gasteiger partial charge in [-0.1, -0.05) is 56.0 Å². The van der Waals surface area contributed by atoms with Crippen molar-refractivity contribution >= 4 is 34.2 Å². The molecule has 1 aliphatic rings. The number of amides is 1. The molecule has 4 rings (SSSR count). The fourth-order valence-corrected chi connectivity index (χ4v) is 4.30. The molecule has 2 aromatic carbocycles. The molecule has 5 heteroatoms. The maximum absolute atomic E-state index is 12.7. The third kappa shape index (κ3) is 3.79. The molecular formula is C23H26ClN3O. The summed E-state index contributed by atoms with van der Waals surface area (Å²) in [7, 11) is 0. The Labute approximate surface area is 171 Å². The Bertz CT molecular complexity index is 981. The van der Waals surface area contributed by atoms with Crippen LogP contribution in [0.15, 0.2) is 48.5 Å². The van der Waals surface area contributed by atoms with Gasteiger partial charge in [-0.25, -0.2) is 4.98 Å². The lowest BCUT2D eigenvalue weighted by Crippen LogP contribution is -2.24. The van der Waals surface area contributed by atoms with Gasteiger partial charge in [-0.3, -0.25) is 4.79 Å². The van der Waals surface area contributed by atoms with Crippen molar-refractivity contribution in [2.24, 2.45) is 0 Å². The van der Waals surface area contributed by atoms with Gasteiger partial charge in [0.1, 0.15) is 5.82 Å². The van der Waals surface area contributed by atoms with Gasteiger partial charge in [0.05, 0.1) is 11.0 Å². The van der Waals surface area contributed by atoms with E-state index in [2.05, 4.69) is 29.7 Å². The number of fused-ring (bicyclic) bond motifs is 1. The van der Waals surface area contributed by atoms with E-state index in [1.807, 2.05) is 35.2 Å². The van der Waals surface area contributed by atoms with Crippen molar-refractivity contribution in [2.75, 3.05) is 11.4 Å². The standard InChI is InChI=1S/C23H26ClN3O/c1-2-3-4-7-13-26-21-12-6-5-11-20(21)25-23(26)17-14-22(28)27(16-17)19-10-8-9-18(24)15-19/h5-6,8-12,15,17H,2-4,7,13-14,16H2,1H3/t17-/m0/s1. The van der Waals surface area contributed by atoms with Gasteiger partial charge in [-0.15, -0.1) is 0 Å². The Kier molecular flexibility index (Phi) is 5.67. The van der Waals surface area contributed by atoms with Gasteiger partial charge in [0.15, 0.2) is 0 Å². The van der Waals surface area contributed by atoms with E-state index in [-0.39, 0.29) is 11.8 Å². The van der Waals surface area contributed by atoms with E-state index in [0.717, 1.165) is 30.0 Å². The van der Waals surface area contributed by atoms with Crippen LogP contribution in [0, 0.1) is 0 Å². The molecule has 0 N–H and O–H groups in total. The lowest BCUT2D eigenvalue weighted by Gasteiger charge is -2.17. The molecular weight excluding hydrogens is 370 g/mol. The zero-order valence-electron chi connectivity index (χ0n) is 16.3. The molecule has 0 saturated carbocycles. The summed E-state index contributed by atoms with van der Waals surface area (Å²) in [6.07, 6.45) is 5.33. The largest absolute Gasteiger partial charge is 0.328 e. The van der Waals surface area contributed by atoms with Crippen LogP contribution in [0.25, 0.3) is 11.0 Å². The quantitative estimate of drug-likeness (QED) is 0.475. The van der Waals surface area contributed by atoms with Crippen LogP contribution in [0.2, 0.25) is 5.02 Å². The first kappa shape index (κ1) is 19.0. The fraction of sp³-hybridized carbons (Fsp3) is 0.391. The number of benzene rings is 2. The predicted molar refractivity (Wildman–Crippen MR) is 115 cm³/mol. The number of carbonyl (C=O) groups is 1. The average Bonchev–Trinajstić information content (AvgIpc) is 3.26. The zero-order chi connectivity index (χ0) is 19.5. The van der Waals surface area contributed by atoms with E-state index in [0.29, 0.717) is 18.0 Å². The average molecular weight is 396 g/mol. The Morgan fingerprint density at radius 1 is 1.11 bits per heavy atom. The number of para-hydroxylation sites is 2. The molecule has 0 spiro atoms. The summed E-state index contributed by atoms with van der Waals surface area (Å²) >= 11 is 6.13. The Morgan fingerprint density at radius 3 is 2.79 bits per heavy atom. The van der Waals surface area contributed by atoms with E-state index in [4.69, 9.17) is 16.6 Å². The summed E-state index contributed by atoms with van der Waals surface area (Å²) in [5.41, 5.74) is 3.05. The van der Waals surface area contributed by atoms with Crippen LogP contribution in [0.3, 0.4) is 0 Å². The number of aryl methyl sites for hydroxylation is 1. The topological polar surface area (TPSA) is 38.1 Å². The number of halogens is 1. The predicted octanol–water partition coefficient (Wildman–Crippen LogP) is 5.79. The SMILES string of the molecule is CCCCCCn1c([C@H]2CC(=O)N(c3cccc(Cl)c3)C2)nc2ccccc21. The van der Waals surface area contributed by atoms with E-state index < -0.39 is 0 Å². The van der Waals surface area contributed by atoms with Crippen LogP contribution in [0.1, 0.15) is 50.8 Å². The fourth-order valence-electron chi connectivity index (χ4n) is 4.11. The summed E-state index contributed by atoms with van der Waals surface area (Å²) in [5.74, 6) is 1.28. The number of imidazole rings is 1. The van der Waals surface area contributed by atoms with Crippen LogP contribution < -0.4 is 4.90 Å². The Hall–Kier alpha value is -2.33. The maximum Gasteiger partial charge on any atom is 0.227 e. The summed E-state index contributed by atoms with van der Waals surface area (Å²) in [6, 6.07) is 15.8. The van der Waals surface area contributed by atoms with Crippen molar-refractivity contribution in [1.29, 1.82) is 0 Å². The van der Waals surface area contributed by atoms with Gasteiger partial charge < -0.3 is 9.47 Å². The van der Waals surface area contributed by atoms with Gasteiger partial charge in [-0.2, -0.15) is 0 Å². The number of hydrogen-bond donors (Lipinski definition) is 0. The third-order valence-electron chi connectivity index (χ3n) is 5.53. The van der Waals surface area contributed by atoms with Gasteiger partial charge in [0, 0.05) is 36.1 Å². The molecule has 0 aliphatic carbocycles. The molecule has 1 fully saturated rings. The second-order valence-corrected chi connectivity index (χ2v) is 7.99. The van der Waals surface area contributed by atoms with Crippen molar-refractivity contribution in [3.63, 3.8) is 0 Å². The molecule has 4 nitrogen and oxygen atoms in total. The molecule has 1 aliphatic heterocycles. The molecule has 1 amide bonds. The monoisotopic (exact) mass is 395 g/mol. The van der Waals surface area contributed by atoms with E-state index >= 15 is 0 Å². The van der Waals surface area contributed by atoms with Crippen LogP contribution >= 0.6 is 11.6 Å². The molecule has 1 atom stereocenters. The van der Waals surface area contributed by atoms with Crippen LogP contribution in [0.4, 0.5) is 5.69 Å². The normalized spacial score (nSPS) is 17.0. The number of anilines is 1. The van der Waals surface area contributed by atoms with Gasteiger partial charge in [0.25, 0.3) is 0 Å². The number of unbranched alkanes of at least 4 members (excludes halogenated alkanes) is 3. The summed E-state index contributed by atoms with van der Waals surface area (Å²) in [6.45, 7) is 3.84. The number of rotatable bonds is 7. The van der Waals surface area contributed by atoms with Crippen LogP contribution in [-0.2, 0) is 11.3 Å². The molecule has 1 aromatic heterocycles. The summed E-state index contributed by atoms with van der Waals surface area (Å²) < 4.78 is 2.34. The van der Waals surface area contributed by atoms with Crippen molar-refractivity contribution in [2.45, 2.75) is 51.5 Å². The molecule has 1 saturated heterocycles. The second kappa shape index (κ2) is 8.36. The Balaban J connectivity index is 1.62. The highest BCUT2D eigenvalue weighted by atomic mass is 35.5. The molecule has 0 bridgehead atoms. The first-order valence-electron chi connectivity index (χ1n) is 10.2. The first-order chi connectivity index (χ1) is 13.7. The molecule has 2 heterocycles. The van der Waals surface area contributed by atoms with Crippen molar-refractivity contribution in [1.82, 2.24) is 9.55 Å². The van der Waals surface area contributed by atoms with Gasteiger partial charge in [-0.05, 0) is 36.8 Å². The van der Waals surface area contributed by atoms with Crippen molar-refractivity contribution in [3.05, 3.63) is 59.4 Å². The number of carbonyl (C=O) groups excluding carboxylic acids is 1. The number of aromatic nitrogens is 2.